The predicted octanol–water partition coefficient (Wildman–Crippen LogP) is 2.77. The molecule has 0 atom stereocenters. The Labute approximate surface area is 187 Å². The molecule has 2 fully saturated rings. The SMILES string of the molecule is COc1nn(-c2nc(N3CCOCC3)c3c(n2)N(CC2CC2)CN3)cc1-c1ccccc1. The highest BCUT2D eigenvalue weighted by Gasteiger charge is 2.33. The van der Waals surface area contributed by atoms with Gasteiger partial charge in [-0.3, -0.25) is 0 Å². The van der Waals surface area contributed by atoms with Crippen molar-refractivity contribution in [3.05, 3.63) is 36.5 Å². The number of fused-ring (bicyclic) bond motifs is 1. The molecule has 3 aromatic rings. The summed E-state index contributed by atoms with van der Waals surface area (Å²) in [5.41, 5.74) is 2.97. The Morgan fingerprint density at radius 2 is 1.88 bits per heavy atom. The van der Waals surface area contributed by atoms with Gasteiger partial charge >= 0.3 is 0 Å². The van der Waals surface area contributed by atoms with Crippen LogP contribution < -0.4 is 19.9 Å². The summed E-state index contributed by atoms with van der Waals surface area (Å²) in [4.78, 5) is 14.5. The monoisotopic (exact) mass is 433 g/mol. The maximum absolute atomic E-state index is 5.59. The van der Waals surface area contributed by atoms with Crippen LogP contribution in [0, 0.1) is 5.92 Å². The van der Waals surface area contributed by atoms with Crippen LogP contribution in [0.4, 0.5) is 17.3 Å². The van der Waals surface area contributed by atoms with E-state index in [2.05, 4.69) is 20.2 Å². The molecule has 4 heterocycles. The normalized spacial score (nSPS) is 17.9. The number of nitrogens with zero attached hydrogens (tertiary/aromatic N) is 6. The van der Waals surface area contributed by atoms with Crippen LogP contribution in [0.2, 0.25) is 0 Å². The molecule has 166 valence electrons. The summed E-state index contributed by atoms with van der Waals surface area (Å²) in [5.74, 6) is 3.75. The Balaban J connectivity index is 1.44. The lowest BCUT2D eigenvalue weighted by molar-refractivity contribution is 0.122. The number of hydrogen-bond acceptors (Lipinski definition) is 8. The Morgan fingerprint density at radius 3 is 2.62 bits per heavy atom. The second kappa shape index (κ2) is 7.98. The molecule has 6 rings (SSSR count). The minimum atomic E-state index is 0.551. The fraction of sp³-hybridized carbons (Fsp3) is 0.435. The number of morpholine rings is 1. The first-order chi connectivity index (χ1) is 15.8. The molecule has 0 bridgehead atoms. The molecular formula is C23H27N7O2. The van der Waals surface area contributed by atoms with Gasteiger partial charge in [-0.05, 0) is 24.3 Å². The van der Waals surface area contributed by atoms with Gasteiger partial charge in [0.15, 0.2) is 11.6 Å². The lowest BCUT2D eigenvalue weighted by atomic mass is 10.1. The van der Waals surface area contributed by atoms with E-state index >= 15 is 0 Å². The number of ether oxygens (including phenoxy) is 2. The van der Waals surface area contributed by atoms with Crippen molar-refractivity contribution in [2.75, 3.05) is 61.7 Å². The van der Waals surface area contributed by atoms with Crippen LogP contribution in [0.5, 0.6) is 5.88 Å². The fourth-order valence-corrected chi connectivity index (χ4v) is 4.36. The maximum Gasteiger partial charge on any atom is 0.254 e. The van der Waals surface area contributed by atoms with Gasteiger partial charge < -0.3 is 24.6 Å². The van der Waals surface area contributed by atoms with E-state index in [1.165, 1.54) is 12.8 Å². The number of benzene rings is 1. The van der Waals surface area contributed by atoms with E-state index in [1.807, 2.05) is 36.5 Å². The fourth-order valence-electron chi connectivity index (χ4n) is 4.36. The Hall–Kier alpha value is -3.33. The smallest absolute Gasteiger partial charge is 0.254 e. The molecule has 0 spiro atoms. The molecule has 1 aliphatic carbocycles. The number of anilines is 3. The topological polar surface area (TPSA) is 80.6 Å². The third-order valence-electron chi connectivity index (χ3n) is 6.25. The van der Waals surface area contributed by atoms with Gasteiger partial charge in [-0.25, -0.2) is 4.68 Å². The quantitative estimate of drug-likeness (QED) is 0.636. The van der Waals surface area contributed by atoms with Crippen molar-refractivity contribution in [3.63, 3.8) is 0 Å². The average Bonchev–Trinajstić information content (AvgIpc) is 3.42. The van der Waals surface area contributed by atoms with E-state index in [-0.39, 0.29) is 0 Å². The molecular weight excluding hydrogens is 406 g/mol. The van der Waals surface area contributed by atoms with Crippen LogP contribution in [-0.2, 0) is 4.74 Å². The van der Waals surface area contributed by atoms with Crippen molar-refractivity contribution in [1.82, 2.24) is 19.7 Å². The molecule has 0 radical (unpaired) electrons. The van der Waals surface area contributed by atoms with Crippen molar-refractivity contribution >= 4 is 17.3 Å². The van der Waals surface area contributed by atoms with Gasteiger partial charge in [0.1, 0.15) is 5.69 Å². The highest BCUT2D eigenvalue weighted by atomic mass is 16.5. The molecule has 0 amide bonds. The minimum absolute atomic E-state index is 0.551. The number of aromatic nitrogens is 4. The van der Waals surface area contributed by atoms with Gasteiger partial charge in [-0.2, -0.15) is 9.97 Å². The molecule has 2 aliphatic heterocycles. The lowest BCUT2D eigenvalue weighted by Gasteiger charge is -2.29. The van der Waals surface area contributed by atoms with Gasteiger partial charge in [0.2, 0.25) is 5.88 Å². The molecule has 32 heavy (non-hydrogen) atoms. The number of rotatable bonds is 6. The first-order valence-corrected chi connectivity index (χ1v) is 11.2. The van der Waals surface area contributed by atoms with Crippen LogP contribution in [-0.4, -0.2) is 66.4 Å². The third kappa shape index (κ3) is 3.52. The molecule has 3 aliphatic rings. The lowest BCUT2D eigenvalue weighted by Crippen LogP contribution is -2.37. The van der Waals surface area contributed by atoms with Crippen LogP contribution >= 0.6 is 0 Å². The van der Waals surface area contributed by atoms with Crippen molar-refractivity contribution in [3.8, 4) is 23.0 Å². The van der Waals surface area contributed by atoms with Crippen molar-refractivity contribution in [2.24, 2.45) is 5.92 Å². The summed E-state index contributed by atoms with van der Waals surface area (Å²) in [7, 11) is 1.64. The van der Waals surface area contributed by atoms with Crippen molar-refractivity contribution < 1.29 is 9.47 Å². The Bertz CT molecular complexity index is 1110. The second-order valence-electron chi connectivity index (χ2n) is 8.51. The van der Waals surface area contributed by atoms with Crippen LogP contribution in [0.25, 0.3) is 17.1 Å². The van der Waals surface area contributed by atoms with Gasteiger partial charge in [-0.15, -0.1) is 5.10 Å². The Kier molecular flexibility index (Phi) is 4.83. The maximum atomic E-state index is 5.59. The molecule has 9 nitrogen and oxygen atoms in total. The van der Waals surface area contributed by atoms with E-state index < -0.39 is 0 Å². The van der Waals surface area contributed by atoms with Gasteiger partial charge in [0, 0.05) is 25.8 Å². The summed E-state index contributed by atoms with van der Waals surface area (Å²) in [6.45, 7) is 4.81. The predicted molar refractivity (Wildman–Crippen MR) is 123 cm³/mol. The van der Waals surface area contributed by atoms with Crippen LogP contribution in [0.1, 0.15) is 12.8 Å². The second-order valence-corrected chi connectivity index (χ2v) is 8.51. The summed E-state index contributed by atoms with van der Waals surface area (Å²) in [6.07, 6.45) is 4.56. The summed E-state index contributed by atoms with van der Waals surface area (Å²) in [5, 5.41) is 8.22. The first-order valence-electron chi connectivity index (χ1n) is 11.2. The van der Waals surface area contributed by atoms with Crippen LogP contribution in [0.3, 0.4) is 0 Å². The largest absolute Gasteiger partial charge is 0.479 e. The van der Waals surface area contributed by atoms with Crippen molar-refractivity contribution in [1.29, 1.82) is 0 Å². The standard InChI is InChI=1S/C23H27N7O2/c1-31-22-18(17-5-3-2-4-6-17)14-30(27-22)23-25-20(28-9-11-32-12-10-28)19-21(26-23)29(15-24-19)13-16-7-8-16/h2-6,14,16,24H,7-13,15H2,1H3. The molecule has 1 saturated carbocycles. The molecule has 1 saturated heterocycles. The Morgan fingerprint density at radius 1 is 1.09 bits per heavy atom. The molecule has 1 aromatic carbocycles. The van der Waals surface area contributed by atoms with E-state index in [1.54, 1.807) is 11.8 Å². The summed E-state index contributed by atoms with van der Waals surface area (Å²) >= 11 is 0. The van der Waals surface area contributed by atoms with Crippen LogP contribution in [0.15, 0.2) is 36.5 Å². The zero-order chi connectivity index (χ0) is 21.5. The zero-order valence-electron chi connectivity index (χ0n) is 18.2. The third-order valence-corrected chi connectivity index (χ3v) is 6.25. The van der Waals surface area contributed by atoms with E-state index in [4.69, 9.17) is 19.4 Å². The number of hydrogen-bond donors (Lipinski definition) is 1. The first kappa shape index (κ1) is 19.4. The highest BCUT2D eigenvalue weighted by molar-refractivity contribution is 5.83. The average molecular weight is 434 g/mol. The van der Waals surface area contributed by atoms with Gasteiger partial charge in [0.05, 0.1) is 32.6 Å². The molecule has 0 unspecified atom stereocenters. The summed E-state index contributed by atoms with van der Waals surface area (Å²) < 4.78 is 12.9. The minimum Gasteiger partial charge on any atom is -0.479 e. The number of nitrogens with one attached hydrogen (secondary N) is 1. The van der Waals surface area contributed by atoms with E-state index in [0.29, 0.717) is 25.0 Å². The zero-order valence-corrected chi connectivity index (χ0v) is 18.2. The molecule has 2 aromatic heterocycles. The van der Waals surface area contributed by atoms with Gasteiger partial charge in [0.25, 0.3) is 5.95 Å². The highest BCUT2D eigenvalue weighted by Crippen LogP contribution is 2.41. The molecule has 9 heteroatoms. The van der Waals surface area contributed by atoms with E-state index in [0.717, 1.165) is 60.7 Å². The van der Waals surface area contributed by atoms with Gasteiger partial charge in [-0.1, -0.05) is 30.3 Å². The van der Waals surface area contributed by atoms with Crippen molar-refractivity contribution in [2.45, 2.75) is 12.8 Å². The molecule has 1 N–H and O–H groups in total. The number of methoxy groups -OCH3 is 1. The van der Waals surface area contributed by atoms with E-state index in [9.17, 15) is 0 Å². The summed E-state index contributed by atoms with van der Waals surface area (Å²) in [6, 6.07) is 10.1.